The van der Waals surface area contributed by atoms with Gasteiger partial charge in [-0.3, -0.25) is 9.59 Å². The molecule has 0 saturated heterocycles. The number of primary amides is 1. The largest absolute Gasteiger partial charge is 0.396 e. The maximum absolute atomic E-state index is 11.7. The molecule has 0 aliphatic rings. The first-order valence-electron chi connectivity index (χ1n) is 6.45. The van der Waals surface area contributed by atoms with Gasteiger partial charge in [0, 0.05) is 37.0 Å². The highest BCUT2D eigenvalue weighted by atomic mass is 16.3. The number of benzene rings is 1. The summed E-state index contributed by atoms with van der Waals surface area (Å²) in [6, 6.07) is 6.87. The van der Waals surface area contributed by atoms with E-state index in [4.69, 9.17) is 10.8 Å². The summed E-state index contributed by atoms with van der Waals surface area (Å²) in [4.78, 5) is 23.0. The lowest BCUT2D eigenvalue weighted by Gasteiger charge is -2.21. The number of amides is 2. The van der Waals surface area contributed by atoms with Gasteiger partial charge in [-0.05, 0) is 11.6 Å². The van der Waals surface area contributed by atoms with Crippen molar-refractivity contribution in [2.24, 2.45) is 11.1 Å². The summed E-state index contributed by atoms with van der Waals surface area (Å²) < 4.78 is 0. The smallest absolute Gasteiger partial charge is 0.248 e. The molecule has 0 aliphatic carbocycles. The Hall–Kier alpha value is -1.88. The highest BCUT2D eigenvalue weighted by Gasteiger charge is 2.17. The SMILES string of the molecule is CC(C)(CO)CNC(=O)C[CH]c1ccccc1C(N)=O. The van der Waals surface area contributed by atoms with Gasteiger partial charge in [0.05, 0.1) is 0 Å². The minimum atomic E-state index is -0.515. The second kappa shape index (κ2) is 7.05. The van der Waals surface area contributed by atoms with Crippen molar-refractivity contribution in [3.63, 3.8) is 0 Å². The van der Waals surface area contributed by atoms with Crippen LogP contribution in [0.15, 0.2) is 24.3 Å². The third kappa shape index (κ3) is 5.01. The summed E-state index contributed by atoms with van der Waals surface area (Å²) in [5.74, 6) is -0.676. The van der Waals surface area contributed by atoms with Gasteiger partial charge in [0.1, 0.15) is 0 Å². The first kappa shape index (κ1) is 16.2. The Labute approximate surface area is 119 Å². The molecule has 0 fully saturated rings. The Kier molecular flexibility index (Phi) is 5.70. The highest BCUT2D eigenvalue weighted by molar-refractivity contribution is 5.95. The van der Waals surface area contributed by atoms with E-state index in [9.17, 15) is 9.59 Å². The molecule has 0 aliphatic heterocycles. The van der Waals surface area contributed by atoms with Gasteiger partial charge in [-0.2, -0.15) is 0 Å². The van der Waals surface area contributed by atoms with Crippen LogP contribution in [-0.2, 0) is 4.79 Å². The van der Waals surface area contributed by atoms with Crippen molar-refractivity contribution in [2.45, 2.75) is 20.3 Å². The number of carbonyl (C=O) groups excluding carboxylic acids is 2. The molecule has 1 radical (unpaired) electrons. The second-order valence-electron chi connectivity index (χ2n) is 5.46. The monoisotopic (exact) mass is 277 g/mol. The van der Waals surface area contributed by atoms with Crippen LogP contribution in [0.4, 0.5) is 0 Å². The lowest BCUT2D eigenvalue weighted by Crippen LogP contribution is -2.36. The third-order valence-electron chi connectivity index (χ3n) is 2.93. The Bertz CT molecular complexity index is 484. The van der Waals surface area contributed by atoms with Crippen LogP contribution in [0.5, 0.6) is 0 Å². The molecule has 0 heterocycles. The standard InChI is InChI=1S/C15H21N2O3/c1-15(2,10-18)9-17-13(19)8-7-11-5-3-4-6-12(11)14(16)20/h3-7,18H,8-10H2,1-2H3,(H2,16,20)(H,17,19). The average molecular weight is 277 g/mol. The highest BCUT2D eigenvalue weighted by Crippen LogP contribution is 2.13. The van der Waals surface area contributed by atoms with Crippen LogP contribution >= 0.6 is 0 Å². The lowest BCUT2D eigenvalue weighted by molar-refractivity contribution is -0.121. The summed E-state index contributed by atoms with van der Waals surface area (Å²) >= 11 is 0. The molecule has 5 heteroatoms. The van der Waals surface area contributed by atoms with Crippen LogP contribution in [0.3, 0.4) is 0 Å². The van der Waals surface area contributed by atoms with Gasteiger partial charge in [-0.15, -0.1) is 0 Å². The third-order valence-corrected chi connectivity index (χ3v) is 2.93. The van der Waals surface area contributed by atoms with Crippen LogP contribution in [0.2, 0.25) is 0 Å². The molecule has 4 N–H and O–H groups in total. The average Bonchev–Trinajstić information content (AvgIpc) is 2.43. The predicted octanol–water partition coefficient (Wildman–Crippen LogP) is 0.863. The van der Waals surface area contributed by atoms with E-state index in [0.717, 1.165) is 0 Å². The van der Waals surface area contributed by atoms with Crippen LogP contribution in [0, 0.1) is 11.8 Å². The molecule has 0 unspecified atom stereocenters. The van der Waals surface area contributed by atoms with Crippen LogP contribution in [-0.4, -0.2) is 30.1 Å². The van der Waals surface area contributed by atoms with E-state index in [-0.39, 0.29) is 24.3 Å². The summed E-state index contributed by atoms with van der Waals surface area (Å²) in [6.07, 6.45) is 1.83. The first-order valence-corrected chi connectivity index (χ1v) is 6.45. The minimum absolute atomic E-state index is 0.00149. The second-order valence-corrected chi connectivity index (χ2v) is 5.46. The number of nitrogens with two attached hydrogens (primary N) is 1. The zero-order valence-electron chi connectivity index (χ0n) is 11.8. The van der Waals surface area contributed by atoms with Gasteiger partial charge >= 0.3 is 0 Å². The number of hydrogen-bond donors (Lipinski definition) is 3. The number of hydrogen-bond acceptors (Lipinski definition) is 3. The maximum Gasteiger partial charge on any atom is 0.248 e. The number of aliphatic hydroxyl groups is 1. The molecule has 1 aromatic carbocycles. The van der Waals surface area contributed by atoms with Crippen molar-refractivity contribution < 1.29 is 14.7 Å². The molecule has 0 saturated carbocycles. The van der Waals surface area contributed by atoms with E-state index in [1.165, 1.54) is 0 Å². The zero-order chi connectivity index (χ0) is 15.2. The van der Waals surface area contributed by atoms with Gasteiger partial charge in [0.25, 0.3) is 0 Å². The summed E-state index contributed by atoms with van der Waals surface area (Å²) in [5, 5.41) is 11.8. The summed E-state index contributed by atoms with van der Waals surface area (Å²) in [7, 11) is 0. The van der Waals surface area contributed by atoms with Crippen molar-refractivity contribution >= 4 is 11.8 Å². The molecule has 1 rings (SSSR count). The summed E-state index contributed by atoms with van der Waals surface area (Å²) in [5.41, 5.74) is 5.97. The Morgan fingerprint density at radius 2 is 2.00 bits per heavy atom. The summed E-state index contributed by atoms with van der Waals surface area (Å²) in [6.45, 7) is 4.12. The molecule has 2 amide bonds. The fourth-order valence-corrected chi connectivity index (χ4v) is 1.57. The van der Waals surface area contributed by atoms with E-state index < -0.39 is 5.91 Å². The molecule has 20 heavy (non-hydrogen) atoms. The molecule has 109 valence electrons. The molecule has 5 nitrogen and oxygen atoms in total. The normalized spacial score (nSPS) is 11.2. The first-order chi connectivity index (χ1) is 9.35. The van der Waals surface area contributed by atoms with E-state index in [1.807, 2.05) is 13.8 Å². The van der Waals surface area contributed by atoms with E-state index in [1.54, 1.807) is 30.7 Å². The number of nitrogens with one attached hydrogen (secondary N) is 1. The molecular formula is C15H21N2O3. The van der Waals surface area contributed by atoms with Crippen molar-refractivity contribution in [1.82, 2.24) is 5.32 Å². The molecule has 0 atom stereocenters. The van der Waals surface area contributed by atoms with E-state index in [0.29, 0.717) is 17.7 Å². The minimum Gasteiger partial charge on any atom is -0.396 e. The van der Waals surface area contributed by atoms with Crippen LogP contribution in [0.1, 0.15) is 36.2 Å². The molecule has 0 bridgehead atoms. The Morgan fingerprint density at radius 3 is 2.60 bits per heavy atom. The number of carbonyl (C=O) groups is 2. The maximum atomic E-state index is 11.7. The quantitative estimate of drug-likeness (QED) is 0.690. The number of aliphatic hydroxyl groups excluding tert-OH is 1. The predicted molar refractivity (Wildman–Crippen MR) is 76.9 cm³/mol. The van der Waals surface area contributed by atoms with Gasteiger partial charge < -0.3 is 16.2 Å². The van der Waals surface area contributed by atoms with Crippen LogP contribution < -0.4 is 11.1 Å². The van der Waals surface area contributed by atoms with Gasteiger partial charge in [-0.25, -0.2) is 0 Å². The Morgan fingerprint density at radius 1 is 1.35 bits per heavy atom. The van der Waals surface area contributed by atoms with Gasteiger partial charge in [0.2, 0.25) is 11.8 Å². The molecule has 0 spiro atoms. The lowest BCUT2D eigenvalue weighted by atomic mass is 9.95. The van der Waals surface area contributed by atoms with Crippen molar-refractivity contribution in [3.8, 4) is 0 Å². The van der Waals surface area contributed by atoms with E-state index >= 15 is 0 Å². The zero-order valence-corrected chi connectivity index (χ0v) is 11.8. The number of rotatable bonds is 7. The van der Waals surface area contributed by atoms with Crippen molar-refractivity contribution in [1.29, 1.82) is 0 Å². The van der Waals surface area contributed by atoms with Gasteiger partial charge in [0.15, 0.2) is 0 Å². The molecule has 0 aromatic heterocycles. The fraction of sp³-hybridized carbons (Fsp3) is 0.400. The van der Waals surface area contributed by atoms with Crippen molar-refractivity contribution in [2.75, 3.05) is 13.2 Å². The fourth-order valence-electron chi connectivity index (χ4n) is 1.57. The van der Waals surface area contributed by atoms with E-state index in [2.05, 4.69) is 5.32 Å². The van der Waals surface area contributed by atoms with Gasteiger partial charge in [-0.1, -0.05) is 32.0 Å². The molecule has 1 aromatic rings. The Balaban J connectivity index is 2.52. The topological polar surface area (TPSA) is 92.4 Å². The molecular weight excluding hydrogens is 256 g/mol. The van der Waals surface area contributed by atoms with Crippen LogP contribution in [0.25, 0.3) is 0 Å². The van der Waals surface area contributed by atoms with Crippen molar-refractivity contribution in [3.05, 3.63) is 41.8 Å².